The van der Waals surface area contributed by atoms with Crippen LogP contribution in [0, 0.1) is 0 Å². The van der Waals surface area contributed by atoms with E-state index in [2.05, 4.69) is 20.8 Å². The summed E-state index contributed by atoms with van der Waals surface area (Å²) in [6.07, 6.45) is 0.726. The predicted molar refractivity (Wildman–Crippen MR) is 108 cm³/mol. The van der Waals surface area contributed by atoms with Gasteiger partial charge in [0.05, 0.1) is 10.9 Å². The predicted octanol–water partition coefficient (Wildman–Crippen LogP) is 2.70. The van der Waals surface area contributed by atoms with Gasteiger partial charge in [-0.05, 0) is 41.5 Å². The van der Waals surface area contributed by atoms with Crippen LogP contribution in [-0.2, 0) is 11.2 Å². The van der Waals surface area contributed by atoms with Gasteiger partial charge in [-0.3, -0.25) is 9.59 Å². The number of tetrazole rings is 1. The average Bonchev–Trinajstić information content (AvgIpc) is 3.16. The van der Waals surface area contributed by atoms with Gasteiger partial charge in [-0.15, -0.1) is 5.10 Å². The maximum absolute atomic E-state index is 12.8. The summed E-state index contributed by atoms with van der Waals surface area (Å²) in [6.45, 7) is 3.92. The fourth-order valence-corrected chi connectivity index (χ4v) is 3.53. The zero-order valence-corrected chi connectivity index (χ0v) is 16.5. The Bertz CT molecular complexity index is 941. The molecule has 8 heteroatoms. The number of rotatable bonds is 8. The molecule has 1 atom stereocenters. The highest BCUT2D eigenvalue weighted by Crippen LogP contribution is 2.25. The summed E-state index contributed by atoms with van der Waals surface area (Å²) in [5.74, 6) is -0.0310. The lowest BCUT2D eigenvalue weighted by molar-refractivity contribution is -0.118. The third-order valence-corrected chi connectivity index (χ3v) is 5.15. The van der Waals surface area contributed by atoms with E-state index < -0.39 is 0 Å². The number of nitrogens with zero attached hydrogens (tertiary/aromatic N) is 4. The lowest BCUT2D eigenvalue weighted by Crippen LogP contribution is -2.22. The summed E-state index contributed by atoms with van der Waals surface area (Å²) < 4.78 is 1.62. The number of Topliss-reactive ketones (excluding diaryl/α,β-unsaturated/α-hetero) is 1. The molecule has 0 saturated carbocycles. The molecule has 1 aromatic heterocycles. The molecule has 1 unspecified atom stereocenters. The van der Waals surface area contributed by atoms with Crippen LogP contribution in [0.5, 0.6) is 0 Å². The molecule has 144 valence electrons. The average molecular weight is 395 g/mol. The first-order chi connectivity index (χ1) is 13.5. The van der Waals surface area contributed by atoms with Gasteiger partial charge in [0.25, 0.3) is 0 Å². The molecule has 0 saturated heterocycles. The number of carbonyl (C=O) groups is 2. The highest BCUT2D eigenvalue weighted by molar-refractivity contribution is 8.00. The highest BCUT2D eigenvalue weighted by Gasteiger charge is 2.20. The summed E-state index contributed by atoms with van der Waals surface area (Å²) >= 11 is 1.33. The molecule has 0 fully saturated rings. The first kappa shape index (κ1) is 19.8. The Morgan fingerprint density at radius 1 is 1.11 bits per heavy atom. The Morgan fingerprint density at radius 3 is 2.50 bits per heavy atom. The van der Waals surface area contributed by atoms with Gasteiger partial charge >= 0.3 is 0 Å². The van der Waals surface area contributed by atoms with Crippen LogP contribution in [0.1, 0.15) is 29.8 Å². The minimum Gasteiger partial charge on any atom is -0.356 e. The first-order valence-electron chi connectivity index (χ1n) is 8.92. The van der Waals surface area contributed by atoms with Gasteiger partial charge in [-0.25, -0.2) is 0 Å². The Hall–Kier alpha value is -3.00. The van der Waals surface area contributed by atoms with Gasteiger partial charge in [0, 0.05) is 19.0 Å². The summed E-state index contributed by atoms with van der Waals surface area (Å²) in [6, 6.07) is 17.0. The lowest BCUT2D eigenvalue weighted by Gasteiger charge is -2.11. The molecule has 1 heterocycles. The zero-order valence-electron chi connectivity index (χ0n) is 15.7. The van der Waals surface area contributed by atoms with Crippen LogP contribution >= 0.6 is 11.8 Å². The van der Waals surface area contributed by atoms with Crippen molar-refractivity contribution in [3.63, 3.8) is 0 Å². The van der Waals surface area contributed by atoms with Gasteiger partial charge in [-0.1, -0.05) is 54.2 Å². The molecule has 0 radical (unpaired) electrons. The number of benzene rings is 2. The first-order valence-corrected chi connectivity index (χ1v) is 9.80. The van der Waals surface area contributed by atoms with E-state index in [9.17, 15) is 9.59 Å². The maximum atomic E-state index is 12.8. The fourth-order valence-electron chi connectivity index (χ4n) is 2.65. The highest BCUT2D eigenvalue weighted by atomic mass is 32.2. The Balaban J connectivity index is 1.64. The van der Waals surface area contributed by atoms with E-state index in [4.69, 9.17) is 0 Å². The van der Waals surface area contributed by atoms with Crippen molar-refractivity contribution in [1.82, 2.24) is 25.5 Å². The van der Waals surface area contributed by atoms with E-state index in [1.165, 1.54) is 18.7 Å². The van der Waals surface area contributed by atoms with E-state index in [0.29, 0.717) is 17.3 Å². The molecule has 1 N–H and O–H groups in total. The van der Waals surface area contributed by atoms with E-state index in [1.807, 2.05) is 61.5 Å². The molecule has 28 heavy (non-hydrogen) atoms. The molecule has 7 nitrogen and oxygen atoms in total. The van der Waals surface area contributed by atoms with Crippen LogP contribution in [0.25, 0.3) is 5.69 Å². The van der Waals surface area contributed by atoms with Gasteiger partial charge in [0.15, 0.2) is 5.78 Å². The van der Waals surface area contributed by atoms with Crippen molar-refractivity contribution < 1.29 is 9.59 Å². The van der Waals surface area contributed by atoms with Gasteiger partial charge < -0.3 is 5.32 Å². The molecule has 0 aliphatic heterocycles. The van der Waals surface area contributed by atoms with E-state index in [-0.39, 0.29) is 16.9 Å². The van der Waals surface area contributed by atoms with Crippen molar-refractivity contribution in [3.8, 4) is 5.69 Å². The zero-order chi connectivity index (χ0) is 19.9. The Kier molecular flexibility index (Phi) is 6.54. The Morgan fingerprint density at radius 2 is 1.82 bits per heavy atom. The number of ketones is 1. The van der Waals surface area contributed by atoms with Crippen LogP contribution in [0.2, 0.25) is 0 Å². The number of aromatic nitrogens is 4. The quantitative estimate of drug-likeness (QED) is 0.466. The van der Waals surface area contributed by atoms with Crippen molar-refractivity contribution in [2.75, 3.05) is 6.54 Å². The molecular weight excluding hydrogens is 374 g/mol. The van der Waals surface area contributed by atoms with Crippen molar-refractivity contribution in [3.05, 3.63) is 65.7 Å². The lowest BCUT2D eigenvalue weighted by atomic mass is 10.0. The van der Waals surface area contributed by atoms with E-state index in [0.717, 1.165) is 17.7 Å². The number of hydrogen-bond donors (Lipinski definition) is 1. The summed E-state index contributed by atoms with van der Waals surface area (Å²) in [7, 11) is 0. The van der Waals surface area contributed by atoms with Crippen LogP contribution in [0.4, 0.5) is 0 Å². The number of carbonyl (C=O) groups excluding carboxylic acids is 2. The Labute approximate surface area is 167 Å². The minimum absolute atomic E-state index is 0.0148. The molecule has 1 amide bonds. The van der Waals surface area contributed by atoms with Crippen molar-refractivity contribution in [2.45, 2.75) is 30.7 Å². The third-order valence-electron chi connectivity index (χ3n) is 4.12. The largest absolute Gasteiger partial charge is 0.356 e. The monoisotopic (exact) mass is 395 g/mol. The van der Waals surface area contributed by atoms with E-state index >= 15 is 0 Å². The van der Waals surface area contributed by atoms with Gasteiger partial charge in [-0.2, -0.15) is 4.68 Å². The van der Waals surface area contributed by atoms with Crippen molar-refractivity contribution in [1.29, 1.82) is 0 Å². The number of thioether (sulfide) groups is 1. The van der Waals surface area contributed by atoms with Crippen molar-refractivity contribution >= 4 is 23.5 Å². The van der Waals surface area contributed by atoms with Crippen LogP contribution in [0.3, 0.4) is 0 Å². The second-order valence-corrected chi connectivity index (χ2v) is 7.57. The SMILES string of the molecule is CC(=O)NCCc1ccc(C(=O)C(C)Sc2nnnn2-c2ccccc2)cc1. The van der Waals surface area contributed by atoms with Crippen LogP contribution < -0.4 is 5.32 Å². The number of amides is 1. The fraction of sp³-hybridized carbons (Fsp3) is 0.250. The van der Waals surface area contributed by atoms with Crippen molar-refractivity contribution in [2.24, 2.45) is 0 Å². The molecule has 0 aliphatic rings. The standard InChI is InChI=1S/C20H21N5O2S/c1-14(28-20-22-23-24-25(20)18-6-4-3-5-7-18)19(27)17-10-8-16(9-11-17)12-13-21-15(2)26/h3-11,14H,12-13H2,1-2H3,(H,21,26). The molecule has 3 rings (SSSR count). The molecule has 3 aromatic rings. The number of para-hydroxylation sites is 1. The smallest absolute Gasteiger partial charge is 0.216 e. The summed E-state index contributed by atoms with van der Waals surface area (Å²) in [5.41, 5.74) is 2.55. The van der Waals surface area contributed by atoms with E-state index in [1.54, 1.807) is 4.68 Å². The number of hydrogen-bond acceptors (Lipinski definition) is 6. The molecule has 0 aliphatic carbocycles. The molecule has 0 bridgehead atoms. The second kappa shape index (κ2) is 9.27. The normalized spacial score (nSPS) is 11.8. The summed E-state index contributed by atoms with van der Waals surface area (Å²) in [5, 5.41) is 14.8. The topological polar surface area (TPSA) is 89.8 Å². The van der Waals surface area contributed by atoms with Gasteiger partial charge in [0.2, 0.25) is 11.1 Å². The minimum atomic E-state index is -0.335. The molecule has 0 spiro atoms. The van der Waals surface area contributed by atoms with Crippen LogP contribution in [-0.4, -0.2) is 43.7 Å². The van der Waals surface area contributed by atoms with Crippen LogP contribution in [0.15, 0.2) is 59.8 Å². The molecule has 2 aromatic carbocycles. The van der Waals surface area contributed by atoms with Gasteiger partial charge in [0.1, 0.15) is 0 Å². The maximum Gasteiger partial charge on any atom is 0.216 e. The third kappa shape index (κ3) is 5.04. The molecular formula is C20H21N5O2S. The summed E-state index contributed by atoms with van der Waals surface area (Å²) in [4.78, 5) is 23.7. The second-order valence-electron chi connectivity index (χ2n) is 6.26. The number of nitrogens with one attached hydrogen (secondary N) is 1.